The van der Waals surface area contributed by atoms with Crippen molar-refractivity contribution in [3.63, 3.8) is 0 Å². The van der Waals surface area contributed by atoms with Gasteiger partial charge in [-0.1, -0.05) is 30.3 Å². The topological polar surface area (TPSA) is 108 Å². The second-order valence-electron chi connectivity index (χ2n) is 9.05. The van der Waals surface area contributed by atoms with Crippen molar-refractivity contribution in [1.29, 1.82) is 0 Å². The summed E-state index contributed by atoms with van der Waals surface area (Å²) in [5, 5.41) is 14.8. The Kier molecular flexibility index (Phi) is 11.5. The molecule has 4 rings (SSSR count). The molecule has 0 unspecified atom stereocenters. The number of methoxy groups -OCH3 is 1. The average molecular weight is 600 g/mol. The molecule has 0 atom stereocenters. The fourth-order valence-corrected chi connectivity index (χ4v) is 5.93. The second-order valence-corrected chi connectivity index (χ2v) is 11.6. The first-order valence-corrected chi connectivity index (χ1v) is 14.9. The Hall–Kier alpha value is -2.97. The van der Waals surface area contributed by atoms with E-state index in [1.54, 1.807) is 23.5 Å². The van der Waals surface area contributed by atoms with Crippen LogP contribution in [0.4, 0.5) is 13.2 Å². The van der Waals surface area contributed by atoms with Gasteiger partial charge in [-0.15, -0.1) is 0 Å². The molecule has 40 heavy (non-hydrogen) atoms. The molecule has 13 heteroatoms. The van der Waals surface area contributed by atoms with E-state index in [1.807, 2.05) is 18.2 Å². The number of sulfonamides is 1. The fraction of sp³-hybridized carbons (Fsp3) is 0.370. The average Bonchev–Trinajstić information content (AvgIpc) is 3.63. The summed E-state index contributed by atoms with van der Waals surface area (Å²) in [4.78, 5) is 11.4. The number of hydrogen-bond acceptors (Lipinski definition) is 7. The van der Waals surface area contributed by atoms with Crippen molar-refractivity contribution in [2.75, 3.05) is 33.3 Å². The molecule has 2 heterocycles. The molecule has 218 valence electrons. The molecule has 0 radical (unpaired) electrons. The van der Waals surface area contributed by atoms with Gasteiger partial charge in [0, 0.05) is 26.2 Å². The lowest BCUT2D eigenvalue weighted by Crippen LogP contribution is -2.33. The number of halogens is 3. The van der Waals surface area contributed by atoms with Gasteiger partial charge in [-0.2, -0.15) is 24.5 Å². The van der Waals surface area contributed by atoms with Crippen LogP contribution in [0.15, 0.2) is 64.2 Å². The third kappa shape index (κ3) is 9.59. The smallest absolute Gasteiger partial charge is 0.490 e. The molecule has 1 aromatic heterocycles. The highest BCUT2D eigenvalue weighted by Crippen LogP contribution is 2.30. The first-order chi connectivity index (χ1) is 19.0. The molecule has 0 bridgehead atoms. The minimum absolute atomic E-state index is 0.172. The lowest BCUT2D eigenvalue weighted by molar-refractivity contribution is -0.192. The van der Waals surface area contributed by atoms with Gasteiger partial charge in [0.05, 0.1) is 7.11 Å². The van der Waals surface area contributed by atoms with E-state index in [-0.39, 0.29) is 4.90 Å². The molecule has 1 aliphatic heterocycles. The number of ether oxygens (including phenoxy) is 1. The number of likely N-dealkylation sites (tertiary alicyclic amines) is 1. The highest BCUT2D eigenvalue weighted by molar-refractivity contribution is 7.89. The van der Waals surface area contributed by atoms with Gasteiger partial charge in [-0.3, -0.25) is 0 Å². The highest BCUT2D eigenvalue weighted by atomic mass is 32.2. The summed E-state index contributed by atoms with van der Waals surface area (Å²) in [6.45, 7) is 4.82. The quantitative estimate of drug-likeness (QED) is 0.293. The standard InChI is InChI=1S/C25H31N3O3S2.C2HF3O2/c1-31-24-9-8-23(16-25(24)33(29,30)27-11-14-28-12-2-3-13-28)22-6-4-20(5-7-22)17-26-18-21-10-15-32-19-21;3-2(4,5)1(6)7/h4-10,15-16,19,26-27H,2-3,11-14,17-18H2,1H3;(H,6,7). The Labute approximate surface area is 235 Å². The summed E-state index contributed by atoms with van der Waals surface area (Å²) in [5.74, 6) is -2.41. The summed E-state index contributed by atoms with van der Waals surface area (Å²) < 4.78 is 65.9. The third-order valence-corrected chi connectivity index (χ3v) is 8.35. The maximum atomic E-state index is 13.0. The molecule has 2 aromatic carbocycles. The molecular weight excluding hydrogens is 567 g/mol. The molecule has 0 spiro atoms. The van der Waals surface area contributed by atoms with Crippen LogP contribution in [-0.4, -0.2) is 63.9 Å². The minimum atomic E-state index is -5.08. The molecule has 1 saturated heterocycles. The Morgan fingerprint density at radius 3 is 2.23 bits per heavy atom. The van der Waals surface area contributed by atoms with Gasteiger partial charge in [0.1, 0.15) is 10.6 Å². The van der Waals surface area contributed by atoms with Crippen molar-refractivity contribution in [3.05, 3.63) is 70.4 Å². The maximum absolute atomic E-state index is 13.0. The zero-order valence-electron chi connectivity index (χ0n) is 21.9. The van der Waals surface area contributed by atoms with Crippen molar-refractivity contribution in [1.82, 2.24) is 14.9 Å². The van der Waals surface area contributed by atoms with Gasteiger partial charge in [0.25, 0.3) is 0 Å². The second kappa shape index (κ2) is 14.6. The predicted molar refractivity (Wildman–Crippen MR) is 148 cm³/mol. The first kappa shape index (κ1) is 31.6. The lowest BCUT2D eigenvalue weighted by atomic mass is 10.0. The van der Waals surface area contributed by atoms with Crippen molar-refractivity contribution < 1.29 is 36.2 Å². The van der Waals surface area contributed by atoms with Gasteiger partial charge >= 0.3 is 12.1 Å². The molecule has 0 amide bonds. The van der Waals surface area contributed by atoms with Gasteiger partial charge in [-0.05, 0) is 77.1 Å². The number of carbonyl (C=O) groups is 1. The summed E-state index contributed by atoms with van der Waals surface area (Å²) in [5.41, 5.74) is 4.28. The summed E-state index contributed by atoms with van der Waals surface area (Å²) in [7, 11) is -2.18. The van der Waals surface area contributed by atoms with Crippen LogP contribution in [-0.2, 0) is 27.9 Å². The number of aliphatic carboxylic acids is 1. The van der Waals surface area contributed by atoms with Gasteiger partial charge in [-0.25, -0.2) is 17.9 Å². The van der Waals surface area contributed by atoms with Crippen LogP contribution in [0.1, 0.15) is 24.0 Å². The van der Waals surface area contributed by atoms with E-state index in [0.29, 0.717) is 12.3 Å². The van der Waals surface area contributed by atoms with E-state index in [4.69, 9.17) is 14.6 Å². The van der Waals surface area contributed by atoms with Crippen LogP contribution >= 0.6 is 11.3 Å². The Balaban J connectivity index is 0.000000559. The number of benzene rings is 2. The van der Waals surface area contributed by atoms with E-state index < -0.39 is 22.2 Å². The number of thiophene rings is 1. The van der Waals surface area contributed by atoms with Crippen molar-refractivity contribution in [2.45, 2.75) is 37.0 Å². The van der Waals surface area contributed by atoms with Crippen molar-refractivity contribution in [2.24, 2.45) is 0 Å². The number of nitrogens with zero attached hydrogens (tertiary/aromatic N) is 1. The fourth-order valence-electron chi connectivity index (χ4n) is 4.05. The van der Waals surface area contributed by atoms with E-state index in [0.717, 1.165) is 43.9 Å². The van der Waals surface area contributed by atoms with Crippen LogP contribution in [0.25, 0.3) is 11.1 Å². The van der Waals surface area contributed by atoms with E-state index in [1.165, 1.54) is 31.1 Å². The van der Waals surface area contributed by atoms with Crippen LogP contribution in [0.3, 0.4) is 0 Å². The molecule has 3 N–H and O–H groups in total. The minimum Gasteiger partial charge on any atom is -0.495 e. The Morgan fingerprint density at radius 1 is 1.02 bits per heavy atom. The van der Waals surface area contributed by atoms with Crippen molar-refractivity contribution >= 4 is 27.3 Å². The zero-order valence-corrected chi connectivity index (χ0v) is 23.5. The number of rotatable bonds is 11. The Morgan fingerprint density at radius 2 is 1.65 bits per heavy atom. The van der Waals surface area contributed by atoms with Crippen LogP contribution < -0.4 is 14.8 Å². The summed E-state index contributed by atoms with van der Waals surface area (Å²) in [6, 6.07) is 15.6. The number of hydrogen-bond donors (Lipinski definition) is 3. The summed E-state index contributed by atoms with van der Waals surface area (Å²) in [6.07, 6.45) is -2.71. The van der Waals surface area contributed by atoms with E-state index >= 15 is 0 Å². The normalized spacial score (nSPS) is 14.0. The van der Waals surface area contributed by atoms with Crippen LogP contribution in [0.2, 0.25) is 0 Å². The van der Waals surface area contributed by atoms with E-state index in [2.05, 4.69) is 43.9 Å². The van der Waals surface area contributed by atoms with Gasteiger partial charge in [0.2, 0.25) is 10.0 Å². The highest BCUT2D eigenvalue weighted by Gasteiger charge is 2.38. The van der Waals surface area contributed by atoms with Crippen molar-refractivity contribution in [3.8, 4) is 16.9 Å². The predicted octanol–water partition coefficient (Wildman–Crippen LogP) is 4.72. The lowest BCUT2D eigenvalue weighted by Gasteiger charge is -2.16. The van der Waals surface area contributed by atoms with Gasteiger partial charge in [0.15, 0.2) is 0 Å². The molecule has 3 aromatic rings. The zero-order chi connectivity index (χ0) is 29.2. The molecule has 1 fully saturated rings. The largest absolute Gasteiger partial charge is 0.495 e. The van der Waals surface area contributed by atoms with E-state index in [9.17, 15) is 21.6 Å². The molecule has 8 nitrogen and oxygen atoms in total. The molecule has 0 aliphatic carbocycles. The molecule has 0 saturated carbocycles. The number of alkyl halides is 3. The SMILES string of the molecule is COc1ccc(-c2ccc(CNCc3ccsc3)cc2)cc1S(=O)(=O)NCCN1CCCC1.O=C(O)C(F)(F)F. The number of nitrogens with one attached hydrogen (secondary N) is 2. The van der Waals surface area contributed by atoms with Crippen LogP contribution in [0, 0.1) is 0 Å². The number of carboxylic acids is 1. The third-order valence-electron chi connectivity index (χ3n) is 6.14. The monoisotopic (exact) mass is 599 g/mol. The molecule has 1 aliphatic rings. The Bertz CT molecular complexity index is 1330. The summed E-state index contributed by atoms with van der Waals surface area (Å²) >= 11 is 1.70. The maximum Gasteiger partial charge on any atom is 0.490 e. The number of carboxylic acid groups (broad SMARTS) is 1. The molecular formula is C27H32F3N3O5S2. The first-order valence-electron chi connectivity index (χ1n) is 12.5. The van der Waals surface area contributed by atoms with Crippen LogP contribution in [0.5, 0.6) is 5.75 Å². The van der Waals surface area contributed by atoms with Gasteiger partial charge < -0.3 is 20.1 Å².